The van der Waals surface area contributed by atoms with Gasteiger partial charge in [0.1, 0.15) is 5.76 Å². The van der Waals surface area contributed by atoms with Gasteiger partial charge in [-0.15, -0.1) is 0 Å². The van der Waals surface area contributed by atoms with Gasteiger partial charge >= 0.3 is 0 Å². The third kappa shape index (κ3) is 5.97. The van der Waals surface area contributed by atoms with Crippen LogP contribution >= 0.6 is 0 Å². The molecule has 0 amide bonds. The maximum Gasteiger partial charge on any atom is 0.208 e. The lowest BCUT2D eigenvalue weighted by Gasteiger charge is -2.34. The predicted molar refractivity (Wildman–Crippen MR) is 114 cm³/mol. The van der Waals surface area contributed by atoms with Crippen molar-refractivity contribution in [1.82, 2.24) is 20.5 Å². The zero-order valence-corrected chi connectivity index (χ0v) is 18.4. The monoisotopic (exact) mass is 389 g/mol. The summed E-state index contributed by atoms with van der Waals surface area (Å²) >= 11 is 0. The van der Waals surface area contributed by atoms with E-state index in [4.69, 9.17) is 4.42 Å². The molecule has 1 saturated heterocycles. The van der Waals surface area contributed by atoms with E-state index in [0.717, 1.165) is 61.3 Å². The number of oxazole rings is 1. The van der Waals surface area contributed by atoms with Crippen LogP contribution in [0.15, 0.2) is 9.41 Å². The summed E-state index contributed by atoms with van der Waals surface area (Å²) < 4.78 is 5.74. The first-order chi connectivity index (χ1) is 13.4. The Labute approximate surface area is 170 Å². The molecular formula is C22H39N5O. The Morgan fingerprint density at radius 1 is 1.14 bits per heavy atom. The molecule has 2 N–H and O–H groups in total. The highest BCUT2D eigenvalue weighted by atomic mass is 16.4. The number of piperidine rings is 1. The smallest absolute Gasteiger partial charge is 0.208 e. The van der Waals surface area contributed by atoms with Crippen LogP contribution in [0.5, 0.6) is 0 Å². The molecule has 0 spiro atoms. The summed E-state index contributed by atoms with van der Waals surface area (Å²) in [6.07, 6.45) is 6.28. The lowest BCUT2D eigenvalue weighted by Crippen LogP contribution is -2.48. The third-order valence-electron chi connectivity index (χ3n) is 6.44. The molecule has 1 aromatic heterocycles. The molecule has 2 unspecified atom stereocenters. The Morgan fingerprint density at radius 3 is 2.39 bits per heavy atom. The van der Waals surface area contributed by atoms with Crippen LogP contribution in [0.25, 0.3) is 0 Å². The fourth-order valence-corrected chi connectivity index (χ4v) is 4.84. The number of rotatable bonds is 5. The highest BCUT2D eigenvalue weighted by Crippen LogP contribution is 2.28. The molecule has 3 rings (SSSR count). The minimum atomic E-state index is 0.555. The minimum absolute atomic E-state index is 0.555. The number of nitrogens with one attached hydrogen (secondary N) is 2. The average molecular weight is 390 g/mol. The largest absolute Gasteiger partial charge is 0.444 e. The molecule has 2 fully saturated rings. The van der Waals surface area contributed by atoms with Crippen LogP contribution in [0, 0.1) is 31.6 Å². The predicted octanol–water partition coefficient (Wildman–Crippen LogP) is 3.49. The van der Waals surface area contributed by atoms with Crippen LogP contribution in [0.2, 0.25) is 0 Å². The number of likely N-dealkylation sites (tertiary alicyclic amines) is 1. The van der Waals surface area contributed by atoms with Crippen LogP contribution < -0.4 is 10.6 Å². The number of nitrogens with zero attached hydrogens (tertiary/aromatic N) is 3. The van der Waals surface area contributed by atoms with Gasteiger partial charge in [0.2, 0.25) is 5.89 Å². The highest BCUT2D eigenvalue weighted by molar-refractivity contribution is 5.79. The Morgan fingerprint density at radius 2 is 1.82 bits per heavy atom. The van der Waals surface area contributed by atoms with Gasteiger partial charge in [-0.1, -0.05) is 13.8 Å². The molecular weight excluding hydrogens is 350 g/mol. The maximum atomic E-state index is 5.74. The van der Waals surface area contributed by atoms with Gasteiger partial charge in [0.05, 0.1) is 12.2 Å². The summed E-state index contributed by atoms with van der Waals surface area (Å²) in [4.78, 5) is 11.4. The SMILES string of the molecule is CN=C(NCC1CCN(Cc2nc(C)c(C)o2)CC1)NC1CC(C)CC(C)C1. The van der Waals surface area contributed by atoms with E-state index in [1.54, 1.807) is 0 Å². The van der Waals surface area contributed by atoms with Gasteiger partial charge in [0.15, 0.2) is 5.96 Å². The summed E-state index contributed by atoms with van der Waals surface area (Å²) in [6, 6.07) is 0.555. The first-order valence-electron chi connectivity index (χ1n) is 11.0. The van der Waals surface area contributed by atoms with Gasteiger partial charge in [-0.3, -0.25) is 9.89 Å². The van der Waals surface area contributed by atoms with Crippen molar-refractivity contribution in [2.75, 3.05) is 26.7 Å². The Balaban J connectivity index is 1.38. The molecule has 2 heterocycles. The van der Waals surface area contributed by atoms with Crippen LogP contribution in [0.3, 0.4) is 0 Å². The fraction of sp³-hybridized carbons (Fsp3) is 0.818. The topological polar surface area (TPSA) is 65.7 Å². The summed E-state index contributed by atoms with van der Waals surface area (Å²) in [5.41, 5.74) is 1.01. The molecule has 1 aromatic rings. The Bertz CT molecular complexity index is 618. The van der Waals surface area contributed by atoms with E-state index in [0.29, 0.717) is 12.0 Å². The molecule has 1 aliphatic heterocycles. The van der Waals surface area contributed by atoms with Gasteiger partial charge in [0, 0.05) is 19.6 Å². The second kappa shape index (κ2) is 9.77. The van der Waals surface area contributed by atoms with E-state index in [1.807, 2.05) is 20.9 Å². The van der Waals surface area contributed by atoms with Crippen molar-refractivity contribution in [2.45, 2.75) is 72.4 Å². The molecule has 28 heavy (non-hydrogen) atoms. The number of aliphatic imine (C=N–C) groups is 1. The van der Waals surface area contributed by atoms with Gasteiger partial charge < -0.3 is 15.1 Å². The lowest BCUT2D eigenvalue weighted by atomic mass is 9.80. The molecule has 0 bridgehead atoms. The van der Waals surface area contributed by atoms with E-state index in [-0.39, 0.29) is 0 Å². The van der Waals surface area contributed by atoms with Crippen LogP contribution in [-0.2, 0) is 6.54 Å². The Hall–Kier alpha value is -1.56. The molecule has 1 aliphatic carbocycles. The third-order valence-corrected chi connectivity index (χ3v) is 6.44. The summed E-state index contributed by atoms with van der Waals surface area (Å²) in [6.45, 7) is 12.8. The number of hydrogen-bond donors (Lipinski definition) is 2. The Kier molecular flexibility index (Phi) is 7.38. The molecule has 0 radical (unpaired) electrons. The minimum Gasteiger partial charge on any atom is -0.444 e. The van der Waals surface area contributed by atoms with Crippen LogP contribution in [-0.4, -0.2) is 48.6 Å². The second-order valence-corrected chi connectivity index (χ2v) is 9.18. The van der Waals surface area contributed by atoms with Crippen molar-refractivity contribution < 1.29 is 4.42 Å². The van der Waals surface area contributed by atoms with Crippen molar-refractivity contribution in [3.63, 3.8) is 0 Å². The molecule has 158 valence electrons. The molecule has 6 nitrogen and oxygen atoms in total. The first kappa shape index (κ1) is 21.2. The maximum absolute atomic E-state index is 5.74. The van der Waals surface area contributed by atoms with E-state index in [1.165, 1.54) is 32.1 Å². The van der Waals surface area contributed by atoms with Gasteiger partial charge in [-0.2, -0.15) is 0 Å². The van der Waals surface area contributed by atoms with E-state index >= 15 is 0 Å². The van der Waals surface area contributed by atoms with Crippen molar-refractivity contribution in [2.24, 2.45) is 22.7 Å². The quantitative estimate of drug-likeness (QED) is 0.596. The molecule has 1 saturated carbocycles. The van der Waals surface area contributed by atoms with E-state index in [9.17, 15) is 0 Å². The lowest BCUT2D eigenvalue weighted by molar-refractivity contribution is 0.164. The average Bonchev–Trinajstić information content (AvgIpc) is 2.96. The van der Waals surface area contributed by atoms with Crippen molar-refractivity contribution in [3.05, 3.63) is 17.3 Å². The fourth-order valence-electron chi connectivity index (χ4n) is 4.84. The van der Waals surface area contributed by atoms with E-state index in [2.05, 4.69) is 39.4 Å². The van der Waals surface area contributed by atoms with Crippen LogP contribution in [0.1, 0.15) is 63.3 Å². The zero-order valence-electron chi connectivity index (χ0n) is 18.4. The number of hydrogen-bond acceptors (Lipinski definition) is 4. The second-order valence-electron chi connectivity index (χ2n) is 9.18. The van der Waals surface area contributed by atoms with Crippen LogP contribution in [0.4, 0.5) is 0 Å². The van der Waals surface area contributed by atoms with Crippen molar-refractivity contribution >= 4 is 5.96 Å². The highest BCUT2D eigenvalue weighted by Gasteiger charge is 2.25. The summed E-state index contributed by atoms with van der Waals surface area (Å²) in [5.74, 6) is 5.08. The summed E-state index contributed by atoms with van der Waals surface area (Å²) in [5, 5.41) is 7.24. The molecule has 2 aliphatic rings. The van der Waals surface area contributed by atoms with Gasteiger partial charge in [-0.05, 0) is 76.8 Å². The normalized spacial score (nSPS) is 27.8. The van der Waals surface area contributed by atoms with Gasteiger partial charge in [-0.25, -0.2) is 4.98 Å². The molecule has 0 aromatic carbocycles. The number of guanidine groups is 1. The van der Waals surface area contributed by atoms with Crippen molar-refractivity contribution in [1.29, 1.82) is 0 Å². The number of aromatic nitrogens is 1. The van der Waals surface area contributed by atoms with E-state index < -0.39 is 0 Å². The summed E-state index contributed by atoms with van der Waals surface area (Å²) in [7, 11) is 1.88. The molecule has 2 atom stereocenters. The zero-order chi connectivity index (χ0) is 20.1. The number of aryl methyl sites for hydroxylation is 2. The molecule has 6 heteroatoms. The van der Waals surface area contributed by atoms with Crippen molar-refractivity contribution in [3.8, 4) is 0 Å². The standard InChI is InChI=1S/C22H39N5O/c1-15-10-16(2)12-20(11-15)26-22(23-5)24-13-19-6-8-27(9-7-19)14-21-25-17(3)18(4)28-21/h15-16,19-20H,6-14H2,1-5H3,(H2,23,24,26). The first-order valence-corrected chi connectivity index (χ1v) is 11.0. The van der Waals surface area contributed by atoms with Gasteiger partial charge in [0.25, 0.3) is 0 Å².